The first kappa shape index (κ1) is 20.2. The number of anilines is 1. The van der Waals surface area contributed by atoms with Crippen molar-refractivity contribution in [1.82, 2.24) is 15.2 Å². The maximum atomic E-state index is 13.4. The standard InChI is InChI=1S/C27H22N4O3/c32-24(28-14-13-17-15-29-22-11-5-3-7-18(17)22)16-30-25-19-8-1-2-9-20(19)27(34)31(25)23-12-6-4-10-21(23)26(30)33/h1-12,15,25,29H,13-14,16H2,(H,28,32). The minimum Gasteiger partial charge on any atom is -0.361 e. The number of hydrogen-bond acceptors (Lipinski definition) is 3. The van der Waals surface area contributed by atoms with Crippen molar-refractivity contribution in [1.29, 1.82) is 0 Å². The number of amides is 3. The summed E-state index contributed by atoms with van der Waals surface area (Å²) >= 11 is 0. The highest BCUT2D eigenvalue weighted by Crippen LogP contribution is 2.44. The Morgan fingerprint density at radius 2 is 1.62 bits per heavy atom. The van der Waals surface area contributed by atoms with Gasteiger partial charge >= 0.3 is 0 Å². The molecule has 1 unspecified atom stereocenters. The predicted octanol–water partition coefficient (Wildman–Crippen LogP) is 3.64. The molecular weight excluding hydrogens is 428 g/mol. The zero-order valence-electron chi connectivity index (χ0n) is 18.3. The van der Waals surface area contributed by atoms with Crippen LogP contribution < -0.4 is 10.2 Å². The van der Waals surface area contributed by atoms with E-state index < -0.39 is 6.17 Å². The molecule has 0 spiro atoms. The van der Waals surface area contributed by atoms with Gasteiger partial charge in [-0.15, -0.1) is 0 Å². The number of nitrogens with zero attached hydrogens (tertiary/aromatic N) is 2. The first-order valence-corrected chi connectivity index (χ1v) is 11.3. The maximum Gasteiger partial charge on any atom is 0.260 e. The highest BCUT2D eigenvalue weighted by atomic mass is 16.2. The summed E-state index contributed by atoms with van der Waals surface area (Å²) in [6, 6.07) is 22.4. The van der Waals surface area contributed by atoms with Gasteiger partial charge in [0.2, 0.25) is 5.91 Å². The Bertz CT molecular complexity index is 1460. The SMILES string of the molecule is O=C(CN1C(=O)c2ccccc2N2C(=O)c3ccccc3C12)NCCc1c[nH]c2ccccc12. The lowest BCUT2D eigenvalue weighted by atomic mass is 10.0. The van der Waals surface area contributed by atoms with Gasteiger partial charge in [0.1, 0.15) is 12.7 Å². The summed E-state index contributed by atoms with van der Waals surface area (Å²) in [5.74, 6) is -0.678. The zero-order valence-corrected chi connectivity index (χ0v) is 18.3. The molecule has 2 N–H and O–H groups in total. The Morgan fingerprint density at radius 3 is 2.50 bits per heavy atom. The lowest BCUT2D eigenvalue weighted by molar-refractivity contribution is -0.122. The number of nitrogens with one attached hydrogen (secondary N) is 2. The summed E-state index contributed by atoms with van der Waals surface area (Å²) in [7, 11) is 0. The third kappa shape index (κ3) is 3.08. The smallest absolute Gasteiger partial charge is 0.260 e. The minimum atomic E-state index is -0.634. The molecule has 1 aromatic heterocycles. The van der Waals surface area contributed by atoms with Crippen LogP contribution in [0.1, 0.15) is 38.0 Å². The molecule has 0 bridgehead atoms. The molecule has 0 fully saturated rings. The van der Waals surface area contributed by atoms with E-state index in [1.54, 1.807) is 29.2 Å². The summed E-state index contributed by atoms with van der Waals surface area (Å²) < 4.78 is 0. The number of para-hydroxylation sites is 2. The third-order valence-electron chi connectivity index (χ3n) is 6.59. The molecule has 168 valence electrons. The quantitative estimate of drug-likeness (QED) is 0.487. The van der Waals surface area contributed by atoms with Crippen LogP contribution in [-0.4, -0.2) is 40.7 Å². The minimum absolute atomic E-state index is 0.135. The molecule has 3 amide bonds. The number of hydrogen-bond donors (Lipinski definition) is 2. The highest BCUT2D eigenvalue weighted by Gasteiger charge is 2.47. The van der Waals surface area contributed by atoms with Crippen LogP contribution in [0.2, 0.25) is 0 Å². The second kappa shape index (κ2) is 7.88. The van der Waals surface area contributed by atoms with Crippen molar-refractivity contribution in [2.75, 3.05) is 18.0 Å². The molecule has 7 heteroatoms. The molecule has 3 aromatic carbocycles. The molecule has 1 atom stereocenters. The van der Waals surface area contributed by atoms with E-state index in [2.05, 4.69) is 16.4 Å². The lowest BCUT2D eigenvalue weighted by Crippen LogP contribution is -2.51. The van der Waals surface area contributed by atoms with Crippen LogP contribution in [-0.2, 0) is 11.2 Å². The normalized spacial score (nSPS) is 16.4. The van der Waals surface area contributed by atoms with Crippen LogP contribution in [0, 0.1) is 0 Å². The van der Waals surface area contributed by atoms with Crippen LogP contribution >= 0.6 is 0 Å². The average Bonchev–Trinajstić information content (AvgIpc) is 3.41. The van der Waals surface area contributed by atoms with Gasteiger partial charge in [0.05, 0.1) is 11.3 Å². The fourth-order valence-corrected chi connectivity index (χ4v) is 5.02. The number of benzene rings is 3. The van der Waals surface area contributed by atoms with Gasteiger partial charge in [-0.25, -0.2) is 0 Å². The number of carbonyl (C=O) groups is 3. The number of carbonyl (C=O) groups excluding carboxylic acids is 3. The molecule has 2 aliphatic heterocycles. The van der Waals surface area contributed by atoms with Crippen LogP contribution in [0.15, 0.2) is 79.0 Å². The van der Waals surface area contributed by atoms with Crippen molar-refractivity contribution >= 4 is 34.3 Å². The molecule has 0 aliphatic carbocycles. The highest BCUT2D eigenvalue weighted by molar-refractivity contribution is 6.17. The lowest BCUT2D eigenvalue weighted by Gasteiger charge is -2.40. The number of H-pyrrole nitrogens is 1. The third-order valence-corrected chi connectivity index (χ3v) is 6.59. The molecule has 7 nitrogen and oxygen atoms in total. The van der Waals surface area contributed by atoms with Crippen LogP contribution in [0.5, 0.6) is 0 Å². The zero-order chi connectivity index (χ0) is 23.2. The molecule has 0 saturated heterocycles. The summed E-state index contributed by atoms with van der Waals surface area (Å²) in [6.07, 6.45) is 2.00. The van der Waals surface area contributed by atoms with Crippen molar-refractivity contribution in [3.63, 3.8) is 0 Å². The second-order valence-corrected chi connectivity index (χ2v) is 8.55. The Labute approximate surface area is 196 Å². The van der Waals surface area contributed by atoms with Crippen molar-refractivity contribution in [2.45, 2.75) is 12.6 Å². The van der Waals surface area contributed by atoms with E-state index in [0.717, 1.165) is 22.0 Å². The number of aromatic nitrogens is 1. The Kier molecular flexibility index (Phi) is 4.69. The molecule has 34 heavy (non-hydrogen) atoms. The van der Waals surface area contributed by atoms with E-state index in [0.29, 0.717) is 29.8 Å². The average molecular weight is 450 g/mol. The van der Waals surface area contributed by atoms with Gasteiger partial charge in [-0.05, 0) is 36.2 Å². The number of aromatic amines is 1. The summed E-state index contributed by atoms with van der Waals surface area (Å²) in [5.41, 5.74) is 4.48. The summed E-state index contributed by atoms with van der Waals surface area (Å²) in [4.78, 5) is 45.9. The van der Waals surface area contributed by atoms with Gasteiger partial charge in [-0.1, -0.05) is 48.5 Å². The van der Waals surface area contributed by atoms with Crippen molar-refractivity contribution in [2.24, 2.45) is 0 Å². The molecule has 2 aliphatic rings. The fourth-order valence-electron chi connectivity index (χ4n) is 5.02. The first-order chi connectivity index (χ1) is 16.6. The van der Waals surface area contributed by atoms with Crippen molar-refractivity contribution in [3.05, 3.63) is 101 Å². The molecule has 6 rings (SSSR count). The molecule has 3 heterocycles. The molecule has 4 aromatic rings. The van der Waals surface area contributed by atoms with E-state index in [4.69, 9.17) is 0 Å². The molecule has 0 saturated carbocycles. The van der Waals surface area contributed by atoms with E-state index in [1.807, 2.05) is 48.7 Å². The predicted molar refractivity (Wildman–Crippen MR) is 128 cm³/mol. The van der Waals surface area contributed by atoms with Gasteiger partial charge < -0.3 is 15.2 Å². The maximum absolute atomic E-state index is 13.4. The summed E-state index contributed by atoms with van der Waals surface area (Å²) in [5, 5.41) is 4.08. The van der Waals surface area contributed by atoms with Crippen molar-refractivity contribution in [3.8, 4) is 0 Å². The van der Waals surface area contributed by atoms with Crippen LogP contribution in [0.3, 0.4) is 0 Å². The number of rotatable bonds is 5. The Morgan fingerprint density at radius 1 is 0.882 bits per heavy atom. The van der Waals surface area contributed by atoms with E-state index in [-0.39, 0.29) is 24.3 Å². The van der Waals surface area contributed by atoms with Crippen LogP contribution in [0.25, 0.3) is 10.9 Å². The van der Waals surface area contributed by atoms with E-state index >= 15 is 0 Å². The second-order valence-electron chi connectivity index (χ2n) is 8.55. The first-order valence-electron chi connectivity index (χ1n) is 11.3. The van der Waals surface area contributed by atoms with Gasteiger partial charge in [0, 0.05) is 34.8 Å². The molecule has 0 radical (unpaired) electrons. The van der Waals surface area contributed by atoms with E-state index in [1.165, 1.54) is 4.90 Å². The van der Waals surface area contributed by atoms with Gasteiger partial charge in [0.15, 0.2) is 0 Å². The summed E-state index contributed by atoms with van der Waals surface area (Å²) in [6.45, 7) is 0.313. The van der Waals surface area contributed by atoms with E-state index in [9.17, 15) is 14.4 Å². The van der Waals surface area contributed by atoms with Crippen LogP contribution in [0.4, 0.5) is 5.69 Å². The van der Waals surface area contributed by atoms with Gasteiger partial charge in [-0.3, -0.25) is 19.3 Å². The van der Waals surface area contributed by atoms with Gasteiger partial charge in [-0.2, -0.15) is 0 Å². The Balaban J connectivity index is 1.23. The largest absolute Gasteiger partial charge is 0.361 e. The molecular formula is C27H22N4O3. The number of fused-ring (bicyclic) bond motifs is 6. The Hall–Kier alpha value is -4.39. The van der Waals surface area contributed by atoms with Crippen molar-refractivity contribution < 1.29 is 14.4 Å². The topological polar surface area (TPSA) is 85.5 Å². The monoisotopic (exact) mass is 450 g/mol. The fraction of sp³-hybridized carbons (Fsp3) is 0.148. The van der Waals surface area contributed by atoms with Gasteiger partial charge in [0.25, 0.3) is 11.8 Å².